The van der Waals surface area contributed by atoms with E-state index in [2.05, 4.69) is 32.0 Å². The Morgan fingerprint density at radius 2 is 1.70 bits per heavy atom. The van der Waals surface area contributed by atoms with Crippen LogP contribution in [0, 0.1) is 0 Å². The van der Waals surface area contributed by atoms with Crippen molar-refractivity contribution in [1.82, 2.24) is 0 Å². The van der Waals surface area contributed by atoms with Gasteiger partial charge < -0.3 is 5.11 Å². The third-order valence-corrected chi connectivity index (χ3v) is 5.18. The van der Waals surface area contributed by atoms with Crippen LogP contribution in [0.5, 0.6) is 5.75 Å². The molecule has 0 saturated heterocycles. The number of benzene rings is 2. The summed E-state index contributed by atoms with van der Waals surface area (Å²) in [6.07, 6.45) is 4.65. The Labute approximate surface area is 120 Å². The predicted octanol–water partition coefficient (Wildman–Crippen LogP) is 4.38. The maximum atomic E-state index is 9.66. The van der Waals surface area contributed by atoms with Crippen LogP contribution in [0.25, 0.3) is 11.1 Å². The van der Waals surface area contributed by atoms with Gasteiger partial charge in [0.1, 0.15) is 5.75 Å². The van der Waals surface area contributed by atoms with Gasteiger partial charge in [0.15, 0.2) is 0 Å². The Bertz CT molecular complexity index is 710. The van der Waals surface area contributed by atoms with Crippen molar-refractivity contribution < 1.29 is 5.11 Å². The molecule has 0 fully saturated rings. The summed E-state index contributed by atoms with van der Waals surface area (Å²) in [6, 6.07) is 10.5. The van der Waals surface area contributed by atoms with Gasteiger partial charge in [0.05, 0.1) is 0 Å². The van der Waals surface area contributed by atoms with Crippen LogP contribution in [-0.4, -0.2) is 5.11 Å². The summed E-state index contributed by atoms with van der Waals surface area (Å²) in [5, 5.41) is 9.66. The van der Waals surface area contributed by atoms with E-state index in [4.69, 9.17) is 0 Å². The molecule has 0 spiro atoms. The number of phenolic OH excluding ortho intramolecular Hbond substituents is 1. The standard InChI is InChI=1S/C19H20O/c1-19(2)10-9-17-16-5-3-12-11-13(20)4-6-14(12)15(16)7-8-18(17)19/h4,6-8,11,20H,3,5,9-10H2,1-2H3. The van der Waals surface area contributed by atoms with E-state index in [1.165, 1.54) is 29.5 Å². The van der Waals surface area contributed by atoms with E-state index < -0.39 is 0 Å². The summed E-state index contributed by atoms with van der Waals surface area (Å²) in [7, 11) is 0. The fraction of sp³-hybridized carbons (Fsp3) is 0.368. The molecule has 0 atom stereocenters. The van der Waals surface area contributed by atoms with E-state index in [1.54, 1.807) is 16.7 Å². The number of hydrogen-bond donors (Lipinski definition) is 1. The van der Waals surface area contributed by atoms with Crippen LogP contribution in [0.2, 0.25) is 0 Å². The second-order valence-corrected chi connectivity index (χ2v) is 6.84. The lowest BCUT2D eigenvalue weighted by molar-refractivity contribution is 0.474. The van der Waals surface area contributed by atoms with Gasteiger partial charge >= 0.3 is 0 Å². The summed E-state index contributed by atoms with van der Waals surface area (Å²) in [5.74, 6) is 0.384. The lowest BCUT2D eigenvalue weighted by Gasteiger charge is -2.25. The molecule has 1 heteroatoms. The van der Waals surface area contributed by atoms with Crippen LogP contribution in [0.4, 0.5) is 0 Å². The molecule has 2 aromatic rings. The van der Waals surface area contributed by atoms with Crippen LogP contribution >= 0.6 is 0 Å². The van der Waals surface area contributed by atoms with Crippen LogP contribution in [0.1, 0.15) is 42.5 Å². The molecule has 20 heavy (non-hydrogen) atoms. The molecule has 4 rings (SSSR count). The van der Waals surface area contributed by atoms with Gasteiger partial charge in [0.25, 0.3) is 0 Å². The number of fused-ring (bicyclic) bond motifs is 5. The first kappa shape index (κ1) is 12.0. The molecule has 0 heterocycles. The second-order valence-electron chi connectivity index (χ2n) is 6.84. The Balaban J connectivity index is 1.95. The zero-order chi connectivity index (χ0) is 13.9. The molecule has 0 radical (unpaired) electrons. The molecule has 2 aromatic carbocycles. The van der Waals surface area contributed by atoms with Crippen molar-refractivity contribution in [2.45, 2.75) is 44.9 Å². The van der Waals surface area contributed by atoms with Crippen molar-refractivity contribution in [3.8, 4) is 16.9 Å². The lowest BCUT2D eigenvalue weighted by atomic mass is 9.80. The third-order valence-electron chi connectivity index (χ3n) is 5.18. The summed E-state index contributed by atoms with van der Waals surface area (Å²) in [4.78, 5) is 0. The SMILES string of the molecule is CC1(C)CCc2c1ccc1c2CCc2cc(O)ccc2-1. The first-order chi connectivity index (χ1) is 9.56. The Morgan fingerprint density at radius 1 is 0.900 bits per heavy atom. The quantitative estimate of drug-likeness (QED) is 0.748. The highest BCUT2D eigenvalue weighted by Gasteiger charge is 2.33. The molecule has 2 aliphatic rings. The molecular formula is C19H20O. The maximum absolute atomic E-state index is 9.66. The molecule has 2 aliphatic carbocycles. The first-order valence-corrected chi connectivity index (χ1v) is 7.54. The van der Waals surface area contributed by atoms with Crippen molar-refractivity contribution in [3.05, 3.63) is 52.6 Å². The molecule has 0 bridgehead atoms. The first-order valence-electron chi connectivity index (χ1n) is 7.54. The molecule has 102 valence electrons. The molecule has 0 aromatic heterocycles. The van der Waals surface area contributed by atoms with E-state index in [9.17, 15) is 5.11 Å². The minimum Gasteiger partial charge on any atom is -0.508 e. The molecule has 1 nitrogen and oxygen atoms in total. The van der Waals surface area contributed by atoms with Gasteiger partial charge in [-0.3, -0.25) is 0 Å². The minimum atomic E-state index is 0.333. The van der Waals surface area contributed by atoms with Gasteiger partial charge in [0.2, 0.25) is 0 Å². The molecule has 1 N–H and O–H groups in total. The van der Waals surface area contributed by atoms with E-state index in [1.807, 2.05) is 12.1 Å². The maximum Gasteiger partial charge on any atom is 0.115 e. The number of aromatic hydroxyl groups is 1. The average molecular weight is 264 g/mol. The van der Waals surface area contributed by atoms with Gasteiger partial charge in [-0.15, -0.1) is 0 Å². The van der Waals surface area contributed by atoms with E-state index in [-0.39, 0.29) is 0 Å². The average Bonchev–Trinajstić information content (AvgIpc) is 2.74. The smallest absolute Gasteiger partial charge is 0.115 e. The van der Waals surface area contributed by atoms with Crippen LogP contribution in [0.15, 0.2) is 30.3 Å². The summed E-state index contributed by atoms with van der Waals surface area (Å²) in [5.41, 5.74) is 9.05. The van der Waals surface area contributed by atoms with Gasteiger partial charge in [-0.25, -0.2) is 0 Å². The van der Waals surface area contributed by atoms with Crippen molar-refractivity contribution in [2.75, 3.05) is 0 Å². The molecule has 0 unspecified atom stereocenters. The molecular weight excluding hydrogens is 244 g/mol. The summed E-state index contributed by atoms with van der Waals surface area (Å²) in [6.45, 7) is 4.72. The fourth-order valence-corrected chi connectivity index (χ4v) is 4.03. The van der Waals surface area contributed by atoms with Crippen molar-refractivity contribution in [1.29, 1.82) is 0 Å². The van der Waals surface area contributed by atoms with Gasteiger partial charge in [-0.1, -0.05) is 32.0 Å². The second kappa shape index (κ2) is 3.88. The van der Waals surface area contributed by atoms with Crippen molar-refractivity contribution >= 4 is 0 Å². The Kier molecular flexibility index (Phi) is 2.33. The predicted molar refractivity (Wildman–Crippen MR) is 82.3 cm³/mol. The number of phenols is 1. The minimum absolute atomic E-state index is 0.333. The Hall–Kier alpha value is -1.76. The van der Waals surface area contributed by atoms with Gasteiger partial charge in [0, 0.05) is 0 Å². The number of rotatable bonds is 0. The zero-order valence-electron chi connectivity index (χ0n) is 12.2. The largest absolute Gasteiger partial charge is 0.508 e. The van der Waals surface area contributed by atoms with Gasteiger partial charge in [-0.05, 0) is 76.6 Å². The topological polar surface area (TPSA) is 20.2 Å². The fourth-order valence-electron chi connectivity index (χ4n) is 4.03. The molecule has 0 amide bonds. The molecule has 0 aliphatic heterocycles. The highest BCUT2D eigenvalue weighted by atomic mass is 16.3. The van der Waals surface area contributed by atoms with E-state index >= 15 is 0 Å². The summed E-state index contributed by atoms with van der Waals surface area (Å²) >= 11 is 0. The van der Waals surface area contributed by atoms with Crippen LogP contribution < -0.4 is 0 Å². The zero-order valence-corrected chi connectivity index (χ0v) is 12.2. The van der Waals surface area contributed by atoms with E-state index in [0.29, 0.717) is 11.2 Å². The van der Waals surface area contributed by atoms with Crippen molar-refractivity contribution in [3.63, 3.8) is 0 Å². The van der Waals surface area contributed by atoms with Crippen LogP contribution in [-0.2, 0) is 24.7 Å². The lowest BCUT2D eigenvalue weighted by Crippen LogP contribution is -2.13. The third kappa shape index (κ3) is 1.56. The van der Waals surface area contributed by atoms with Gasteiger partial charge in [-0.2, -0.15) is 0 Å². The number of aryl methyl sites for hydroxylation is 1. The monoisotopic (exact) mass is 264 g/mol. The highest BCUT2D eigenvalue weighted by Crippen LogP contribution is 2.45. The molecule has 0 saturated carbocycles. The number of hydrogen-bond acceptors (Lipinski definition) is 1. The van der Waals surface area contributed by atoms with E-state index in [0.717, 1.165) is 12.8 Å². The Morgan fingerprint density at radius 3 is 2.55 bits per heavy atom. The normalized spacial score (nSPS) is 18.3. The van der Waals surface area contributed by atoms with Crippen LogP contribution in [0.3, 0.4) is 0 Å². The van der Waals surface area contributed by atoms with Crippen molar-refractivity contribution in [2.24, 2.45) is 0 Å². The summed E-state index contributed by atoms with van der Waals surface area (Å²) < 4.78 is 0. The highest BCUT2D eigenvalue weighted by molar-refractivity contribution is 5.76.